The molecule has 1 aromatic heterocycles. The largest absolute Gasteiger partial charge is 0.490 e. The van der Waals surface area contributed by atoms with E-state index in [1.54, 1.807) is 12.1 Å². The third-order valence-corrected chi connectivity index (χ3v) is 3.87. The van der Waals surface area contributed by atoms with Crippen LogP contribution in [0.25, 0.3) is 22.3 Å². The summed E-state index contributed by atoms with van der Waals surface area (Å²) < 4.78 is 24.8. The van der Waals surface area contributed by atoms with Crippen molar-refractivity contribution in [1.82, 2.24) is 5.32 Å². The summed E-state index contributed by atoms with van der Waals surface area (Å²) in [6, 6.07) is 8.82. The molecule has 1 amide bonds. The number of fused-ring (bicyclic) bond motifs is 1. The highest BCUT2D eigenvalue weighted by molar-refractivity contribution is 6.12. The third-order valence-electron chi connectivity index (χ3n) is 3.87. The second kappa shape index (κ2) is 7.00. The number of aldehydes is 1. The van der Waals surface area contributed by atoms with Crippen LogP contribution in [0.15, 0.2) is 40.8 Å². The van der Waals surface area contributed by atoms with Crippen molar-refractivity contribution in [1.29, 1.82) is 0 Å². The highest BCUT2D eigenvalue weighted by atomic mass is 19.1. The van der Waals surface area contributed by atoms with Crippen LogP contribution < -0.4 is 10.1 Å². The second-order valence-corrected chi connectivity index (χ2v) is 6.06. The van der Waals surface area contributed by atoms with E-state index >= 15 is 0 Å². The molecule has 134 valence electrons. The smallest absolute Gasteiger partial charge is 0.255 e. The average Bonchev–Trinajstić information content (AvgIpc) is 2.98. The predicted octanol–water partition coefficient (Wildman–Crippen LogP) is 4.20. The molecule has 6 heteroatoms. The highest BCUT2D eigenvalue weighted by Crippen LogP contribution is 2.37. The predicted molar refractivity (Wildman–Crippen MR) is 96.1 cm³/mol. The molecule has 0 bridgehead atoms. The Hall–Kier alpha value is -3.15. The van der Waals surface area contributed by atoms with Gasteiger partial charge >= 0.3 is 0 Å². The van der Waals surface area contributed by atoms with Gasteiger partial charge in [-0.2, -0.15) is 0 Å². The number of rotatable bonds is 5. The number of halogens is 1. The molecule has 3 rings (SSSR count). The van der Waals surface area contributed by atoms with Gasteiger partial charge < -0.3 is 14.5 Å². The number of hydrogen-bond donors (Lipinski definition) is 1. The molecule has 26 heavy (non-hydrogen) atoms. The molecular weight excluding hydrogens is 337 g/mol. The number of hydrogen-bond acceptors (Lipinski definition) is 4. The van der Waals surface area contributed by atoms with Gasteiger partial charge in [-0.3, -0.25) is 9.59 Å². The summed E-state index contributed by atoms with van der Waals surface area (Å²) in [6.07, 6.45) is 0.537. The Morgan fingerprint density at radius 1 is 1.23 bits per heavy atom. The van der Waals surface area contributed by atoms with E-state index in [0.29, 0.717) is 45.5 Å². The topological polar surface area (TPSA) is 68.5 Å². The van der Waals surface area contributed by atoms with Gasteiger partial charge in [0.25, 0.3) is 5.91 Å². The van der Waals surface area contributed by atoms with Crippen LogP contribution in [-0.2, 0) is 0 Å². The van der Waals surface area contributed by atoms with E-state index in [4.69, 9.17) is 9.15 Å². The number of nitrogens with one attached hydrogen (secondary N) is 1. The van der Waals surface area contributed by atoms with E-state index in [0.717, 1.165) is 0 Å². The van der Waals surface area contributed by atoms with Crippen LogP contribution in [0, 0.1) is 5.82 Å². The maximum atomic E-state index is 13.2. The van der Waals surface area contributed by atoms with E-state index < -0.39 is 0 Å². The molecule has 0 saturated carbocycles. The zero-order chi connectivity index (χ0) is 18.8. The zero-order valence-electron chi connectivity index (χ0n) is 14.6. The van der Waals surface area contributed by atoms with E-state index in [1.807, 2.05) is 13.8 Å². The van der Waals surface area contributed by atoms with Crippen LogP contribution >= 0.6 is 0 Å². The SMILES string of the molecule is CNC(=O)c1c(-c2ccc(F)cc2)oc2cc(C=O)c(OC(C)C)cc12. The van der Waals surface area contributed by atoms with Gasteiger partial charge in [0.05, 0.1) is 17.2 Å². The molecule has 0 fully saturated rings. The summed E-state index contributed by atoms with van der Waals surface area (Å²) in [5.74, 6) is -0.0587. The fraction of sp³-hybridized carbons (Fsp3) is 0.200. The zero-order valence-corrected chi connectivity index (χ0v) is 14.6. The summed E-state index contributed by atoms with van der Waals surface area (Å²) in [5.41, 5.74) is 1.57. The van der Waals surface area contributed by atoms with Crippen molar-refractivity contribution >= 4 is 23.2 Å². The third kappa shape index (κ3) is 3.18. The fourth-order valence-corrected chi connectivity index (χ4v) is 2.74. The number of carbonyl (C=O) groups is 2. The van der Waals surface area contributed by atoms with Gasteiger partial charge in [0, 0.05) is 18.0 Å². The van der Waals surface area contributed by atoms with E-state index in [1.165, 1.54) is 31.3 Å². The van der Waals surface area contributed by atoms with Crippen molar-refractivity contribution in [2.75, 3.05) is 7.05 Å². The first kappa shape index (κ1) is 17.7. The molecule has 0 saturated heterocycles. The van der Waals surface area contributed by atoms with E-state index in [9.17, 15) is 14.0 Å². The summed E-state index contributed by atoms with van der Waals surface area (Å²) in [6.45, 7) is 3.69. The number of ether oxygens (including phenoxy) is 1. The van der Waals surface area contributed by atoms with Crippen LogP contribution in [0.2, 0.25) is 0 Å². The lowest BCUT2D eigenvalue weighted by Gasteiger charge is -2.11. The molecular formula is C20H18FNO4. The van der Waals surface area contributed by atoms with Crippen LogP contribution in [-0.4, -0.2) is 25.3 Å². The lowest BCUT2D eigenvalue weighted by molar-refractivity contribution is 0.0964. The van der Waals surface area contributed by atoms with Gasteiger partial charge in [0.1, 0.15) is 22.9 Å². The molecule has 0 unspecified atom stereocenters. The number of carbonyl (C=O) groups excluding carboxylic acids is 2. The minimum atomic E-state index is -0.387. The van der Waals surface area contributed by atoms with Crippen molar-refractivity contribution in [3.05, 3.63) is 53.3 Å². The van der Waals surface area contributed by atoms with Crippen molar-refractivity contribution < 1.29 is 23.1 Å². The average molecular weight is 355 g/mol. The monoisotopic (exact) mass is 355 g/mol. The maximum absolute atomic E-state index is 13.2. The van der Waals surface area contributed by atoms with Crippen molar-refractivity contribution in [2.45, 2.75) is 20.0 Å². The number of amides is 1. The minimum Gasteiger partial charge on any atom is -0.490 e. The fourth-order valence-electron chi connectivity index (χ4n) is 2.74. The highest BCUT2D eigenvalue weighted by Gasteiger charge is 2.23. The lowest BCUT2D eigenvalue weighted by atomic mass is 10.0. The molecule has 0 aliphatic rings. The minimum absolute atomic E-state index is 0.141. The molecule has 1 heterocycles. The number of furan rings is 1. The molecule has 0 atom stereocenters. The van der Waals surface area contributed by atoms with Crippen LogP contribution in [0.3, 0.4) is 0 Å². The van der Waals surface area contributed by atoms with Crippen LogP contribution in [0.4, 0.5) is 4.39 Å². The van der Waals surface area contributed by atoms with Gasteiger partial charge in [-0.15, -0.1) is 0 Å². The summed E-state index contributed by atoms with van der Waals surface area (Å²) >= 11 is 0. The first-order chi connectivity index (χ1) is 12.4. The van der Waals surface area contributed by atoms with Crippen LogP contribution in [0.5, 0.6) is 5.75 Å². The molecule has 0 aliphatic carbocycles. The normalized spacial score (nSPS) is 11.0. The molecule has 0 aliphatic heterocycles. The summed E-state index contributed by atoms with van der Waals surface area (Å²) in [7, 11) is 1.51. The Kier molecular flexibility index (Phi) is 4.75. The lowest BCUT2D eigenvalue weighted by Crippen LogP contribution is -2.18. The molecule has 5 nitrogen and oxygen atoms in total. The molecule has 1 N–H and O–H groups in total. The van der Waals surface area contributed by atoms with Crippen molar-refractivity contribution in [2.24, 2.45) is 0 Å². The molecule has 2 aromatic carbocycles. The second-order valence-electron chi connectivity index (χ2n) is 6.06. The Bertz CT molecular complexity index is 974. The summed E-state index contributed by atoms with van der Waals surface area (Å²) in [5, 5.41) is 3.10. The summed E-state index contributed by atoms with van der Waals surface area (Å²) in [4.78, 5) is 23.9. The van der Waals surface area contributed by atoms with Crippen molar-refractivity contribution in [3.63, 3.8) is 0 Å². The molecule has 0 radical (unpaired) electrons. The van der Waals surface area contributed by atoms with Gasteiger partial charge in [-0.25, -0.2) is 4.39 Å². The number of benzene rings is 2. The Morgan fingerprint density at radius 2 is 1.92 bits per heavy atom. The standard InChI is InChI=1S/C20H18FNO4/c1-11(2)25-16-9-15-17(8-13(16)10-23)26-19(18(15)20(24)22-3)12-4-6-14(21)7-5-12/h4-11H,1-3H3,(H,22,24). The first-order valence-corrected chi connectivity index (χ1v) is 8.15. The van der Waals surface area contributed by atoms with E-state index in [2.05, 4.69) is 5.32 Å². The Balaban J connectivity index is 2.29. The van der Waals surface area contributed by atoms with Gasteiger partial charge in [0.2, 0.25) is 0 Å². The van der Waals surface area contributed by atoms with Gasteiger partial charge in [-0.1, -0.05) is 0 Å². The van der Waals surface area contributed by atoms with Crippen LogP contribution in [0.1, 0.15) is 34.6 Å². The maximum Gasteiger partial charge on any atom is 0.255 e. The van der Waals surface area contributed by atoms with Gasteiger partial charge in [0.15, 0.2) is 6.29 Å². The quantitative estimate of drug-likeness (QED) is 0.697. The Morgan fingerprint density at radius 3 is 2.50 bits per heavy atom. The first-order valence-electron chi connectivity index (χ1n) is 8.15. The molecule has 0 spiro atoms. The van der Waals surface area contributed by atoms with Crippen molar-refractivity contribution in [3.8, 4) is 17.1 Å². The van der Waals surface area contributed by atoms with E-state index in [-0.39, 0.29) is 17.8 Å². The van der Waals surface area contributed by atoms with Gasteiger partial charge in [-0.05, 0) is 50.2 Å². The Labute approximate surface area is 149 Å². The molecule has 3 aromatic rings.